The molecule has 1 saturated heterocycles. The van der Waals surface area contributed by atoms with Gasteiger partial charge in [-0.2, -0.15) is 0 Å². The summed E-state index contributed by atoms with van der Waals surface area (Å²) in [5, 5.41) is 9.18. The number of carbonyl (C=O) groups is 1. The number of thiocarbonyl (C=S) groups is 1. The average molecular weight is 345 g/mol. The highest BCUT2D eigenvalue weighted by Crippen LogP contribution is 2.28. The van der Waals surface area contributed by atoms with Gasteiger partial charge in [0.1, 0.15) is 5.75 Å². The van der Waals surface area contributed by atoms with Crippen molar-refractivity contribution in [1.29, 1.82) is 0 Å². The van der Waals surface area contributed by atoms with Crippen molar-refractivity contribution in [3.05, 3.63) is 59.6 Å². The molecule has 7 heteroatoms. The lowest BCUT2D eigenvalue weighted by atomic mass is 10.2. The topological polar surface area (TPSA) is 59.0 Å². The number of carbonyl (C=O) groups excluding carboxylic acids is 1. The van der Waals surface area contributed by atoms with Gasteiger partial charge in [-0.3, -0.25) is 4.79 Å². The fourth-order valence-electron chi connectivity index (χ4n) is 2.19. The molecule has 1 aliphatic rings. The van der Waals surface area contributed by atoms with Crippen molar-refractivity contribution in [3.63, 3.8) is 0 Å². The molecule has 5 nitrogen and oxygen atoms in total. The van der Waals surface area contributed by atoms with Crippen LogP contribution in [0, 0.1) is 5.82 Å². The molecular formula is C17H12FNO4S. The minimum Gasteiger partial charge on any atom is -0.505 e. The zero-order valence-electron chi connectivity index (χ0n) is 12.5. The Hall–Kier alpha value is -2.93. The number of methoxy groups -OCH3 is 1. The Kier molecular flexibility index (Phi) is 4.18. The number of halogens is 1. The van der Waals surface area contributed by atoms with Crippen LogP contribution >= 0.6 is 12.2 Å². The molecule has 0 aliphatic carbocycles. The molecular weight excluding hydrogens is 333 g/mol. The van der Waals surface area contributed by atoms with Gasteiger partial charge in [0.2, 0.25) is 0 Å². The third-order valence-corrected chi connectivity index (χ3v) is 3.66. The first-order valence-electron chi connectivity index (χ1n) is 6.90. The summed E-state index contributed by atoms with van der Waals surface area (Å²) in [6, 6.07) is 10.5. The number of hydrogen-bond acceptors (Lipinski definition) is 5. The molecule has 0 spiro atoms. The number of aromatic hydroxyl groups is 1. The zero-order chi connectivity index (χ0) is 17.3. The monoisotopic (exact) mass is 345 g/mol. The number of anilines is 1. The number of nitrogens with zero attached hydrogens (tertiary/aromatic N) is 1. The molecule has 0 bridgehead atoms. The van der Waals surface area contributed by atoms with Gasteiger partial charge in [0.15, 0.2) is 17.3 Å². The summed E-state index contributed by atoms with van der Waals surface area (Å²) in [5.74, 6) is -1.09. The molecule has 0 atom stereocenters. The summed E-state index contributed by atoms with van der Waals surface area (Å²) in [6.45, 7) is 0. The largest absolute Gasteiger partial charge is 0.505 e. The Morgan fingerprint density at radius 2 is 1.96 bits per heavy atom. The van der Waals surface area contributed by atoms with Gasteiger partial charge in [0, 0.05) is 0 Å². The molecule has 3 rings (SSSR count). The Balaban J connectivity index is 1.90. The van der Waals surface area contributed by atoms with E-state index in [2.05, 4.69) is 0 Å². The Morgan fingerprint density at radius 1 is 1.25 bits per heavy atom. The Bertz CT molecular complexity index is 848. The number of rotatable bonds is 3. The highest BCUT2D eigenvalue weighted by atomic mass is 32.1. The van der Waals surface area contributed by atoms with Gasteiger partial charge < -0.3 is 14.6 Å². The van der Waals surface area contributed by atoms with Gasteiger partial charge in [0.05, 0.1) is 12.8 Å². The van der Waals surface area contributed by atoms with E-state index in [1.807, 2.05) is 0 Å². The molecule has 1 N–H and O–H groups in total. The number of benzene rings is 2. The molecule has 1 amide bonds. The van der Waals surface area contributed by atoms with E-state index in [9.17, 15) is 14.3 Å². The van der Waals surface area contributed by atoms with Crippen molar-refractivity contribution in [3.8, 4) is 11.5 Å². The lowest BCUT2D eigenvalue weighted by Gasteiger charge is -2.12. The van der Waals surface area contributed by atoms with Gasteiger partial charge in [-0.05, 0) is 60.3 Å². The molecule has 0 unspecified atom stereocenters. The summed E-state index contributed by atoms with van der Waals surface area (Å²) in [5.41, 5.74) is 0.902. The van der Waals surface area contributed by atoms with Crippen LogP contribution in [0.4, 0.5) is 10.1 Å². The van der Waals surface area contributed by atoms with Gasteiger partial charge in [-0.25, -0.2) is 9.29 Å². The summed E-state index contributed by atoms with van der Waals surface area (Å²) >= 11 is 5.10. The number of hydrogen-bond donors (Lipinski definition) is 1. The molecule has 2 aromatic carbocycles. The van der Waals surface area contributed by atoms with Gasteiger partial charge in [0.25, 0.3) is 5.17 Å². The van der Waals surface area contributed by atoms with Crippen molar-refractivity contribution >= 4 is 35.1 Å². The molecule has 1 aliphatic heterocycles. The third-order valence-electron chi connectivity index (χ3n) is 3.39. The van der Waals surface area contributed by atoms with E-state index in [1.165, 1.54) is 23.1 Å². The average Bonchev–Trinajstić information content (AvgIpc) is 2.85. The molecule has 1 heterocycles. The summed E-state index contributed by atoms with van der Waals surface area (Å²) in [6.07, 6.45) is 1.36. The highest BCUT2D eigenvalue weighted by molar-refractivity contribution is 7.80. The van der Waals surface area contributed by atoms with Crippen LogP contribution in [0.3, 0.4) is 0 Å². The lowest BCUT2D eigenvalue weighted by molar-refractivity contribution is -0.114. The van der Waals surface area contributed by atoms with E-state index in [4.69, 9.17) is 21.7 Å². The van der Waals surface area contributed by atoms with Crippen LogP contribution in [0.2, 0.25) is 0 Å². The Labute approximate surface area is 142 Å². The van der Waals surface area contributed by atoms with E-state index in [-0.39, 0.29) is 10.9 Å². The van der Waals surface area contributed by atoms with Crippen molar-refractivity contribution in [2.45, 2.75) is 0 Å². The fraction of sp³-hybridized carbons (Fsp3) is 0.0588. The summed E-state index contributed by atoms with van der Waals surface area (Å²) < 4.78 is 23.8. The molecule has 24 heavy (non-hydrogen) atoms. The van der Waals surface area contributed by atoms with Crippen LogP contribution in [0.1, 0.15) is 5.56 Å². The molecule has 0 radical (unpaired) electrons. The smallest absolute Gasteiger partial charge is 0.301 e. The van der Waals surface area contributed by atoms with E-state index >= 15 is 0 Å². The number of ether oxygens (including phenoxy) is 2. The SMILES string of the molecule is COc1ccc(N2C(=O)C(=Cc3ccc(O)c(F)c3)OC2=S)cc1. The third kappa shape index (κ3) is 2.93. The first-order valence-corrected chi connectivity index (χ1v) is 7.31. The normalized spacial score (nSPS) is 15.8. The predicted molar refractivity (Wildman–Crippen MR) is 90.2 cm³/mol. The van der Waals surface area contributed by atoms with Crippen LogP contribution in [0.5, 0.6) is 11.5 Å². The van der Waals surface area contributed by atoms with Crippen molar-refractivity contribution in [2.75, 3.05) is 12.0 Å². The van der Waals surface area contributed by atoms with Gasteiger partial charge in [-0.15, -0.1) is 0 Å². The zero-order valence-corrected chi connectivity index (χ0v) is 13.3. The second-order valence-corrected chi connectivity index (χ2v) is 5.28. The number of phenols is 1. The van der Waals surface area contributed by atoms with Crippen molar-refractivity contribution in [1.82, 2.24) is 0 Å². The van der Waals surface area contributed by atoms with E-state index in [0.717, 1.165) is 6.07 Å². The van der Waals surface area contributed by atoms with Gasteiger partial charge in [-0.1, -0.05) is 6.07 Å². The Morgan fingerprint density at radius 3 is 2.58 bits per heavy atom. The second kappa shape index (κ2) is 6.29. The molecule has 1 fully saturated rings. The number of phenolic OH excluding ortho intramolecular Hbond substituents is 1. The first kappa shape index (κ1) is 15.9. The van der Waals surface area contributed by atoms with Crippen molar-refractivity contribution in [2.24, 2.45) is 0 Å². The van der Waals surface area contributed by atoms with Crippen LogP contribution in [-0.4, -0.2) is 23.3 Å². The van der Waals surface area contributed by atoms with Crippen molar-refractivity contribution < 1.29 is 23.8 Å². The highest BCUT2D eigenvalue weighted by Gasteiger charge is 2.34. The minimum absolute atomic E-state index is 0.0179. The molecule has 2 aromatic rings. The summed E-state index contributed by atoms with van der Waals surface area (Å²) in [4.78, 5) is 13.7. The first-order chi connectivity index (χ1) is 11.5. The van der Waals surface area contributed by atoms with Crippen LogP contribution in [0.25, 0.3) is 6.08 Å². The predicted octanol–water partition coefficient (Wildman–Crippen LogP) is 3.23. The maximum absolute atomic E-state index is 13.4. The standard InChI is InChI=1S/C17H12FNO4S/c1-22-12-5-3-11(4-6-12)19-16(21)15(23-17(19)24)9-10-2-7-14(20)13(18)8-10/h2-9,20H,1H3. The number of amides is 1. The van der Waals surface area contributed by atoms with Crippen LogP contribution < -0.4 is 9.64 Å². The van der Waals surface area contributed by atoms with E-state index < -0.39 is 17.5 Å². The molecule has 0 aromatic heterocycles. The molecule has 0 saturated carbocycles. The maximum atomic E-state index is 13.4. The van der Waals surface area contributed by atoms with Gasteiger partial charge >= 0.3 is 5.91 Å². The van der Waals surface area contributed by atoms with E-state index in [1.54, 1.807) is 31.4 Å². The molecule has 122 valence electrons. The maximum Gasteiger partial charge on any atom is 0.301 e. The minimum atomic E-state index is -0.788. The second-order valence-electron chi connectivity index (χ2n) is 4.93. The summed E-state index contributed by atoms with van der Waals surface area (Å²) in [7, 11) is 1.54. The quantitative estimate of drug-likeness (QED) is 0.684. The fourth-order valence-corrected chi connectivity index (χ4v) is 2.46. The van der Waals surface area contributed by atoms with E-state index in [0.29, 0.717) is 17.0 Å². The van der Waals surface area contributed by atoms with Crippen LogP contribution in [0.15, 0.2) is 48.2 Å². The van der Waals surface area contributed by atoms with Crippen LogP contribution in [-0.2, 0) is 9.53 Å². The lowest BCUT2D eigenvalue weighted by Crippen LogP contribution is -2.27.